The highest BCUT2D eigenvalue weighted by Gasteiger charge is 2.43. The van der Waals surface area contributed by atoms with Crippen molar-refractivity contribution < 1.29 is 14.4 Å². The number of nitrogens with one attached hydrogen (secondary N) is 2. The van der Waals surface area contributed by atoms with Crippen LogP contribution in [0.4, 0.5) is 5.69 Å². The van der Waals surface area contributed by atoms with Gasteiger partial charge in [-0.1, -0.05) is 0 Å². The van der Waals surface area contributed by atoms with Gasteiger partial charge in [0.2, 0.25) is 11.8 Å². The quantitative estimate of drug-likeness (QED) is 0.693. The number of hydrogen-bond acceptors (Lipinski definition) is 5. The fraction of sp³-hybridized carbons (Fsp3) is 0.625. The van der Waals surface area contributed by atoms with Crippen molar-refractivity contribution in [1.29, 1.82) is 0 Å². The van der Waals surface area contributed by atoms with Crippen molar-refractivity contribution in [3.05, 3.63) is 29.8 Å². The molecule has 0 aromatic heterocycles. The number of rotatable bonds is 6. The van der Waals surface area contributed by atoms with Gasteiger partial charge in [-0.2, -0.15) is 0 Å². The maximum absolute atomic E-state index is 12.7. The Kier molecular flexibility index (Phi) is 6.98. The first-order valence-corrected chi connectivity index (χ1v) is 11.8. The molecule has 0 radical (unpaired) electrons. The van der Waals surface area contributed by atoms with Gasteiger partial charge in [0.25, 0.3) is 5.91 Å². The molecule has 4 rings (SSSR count). The van der Waals surface area contributed by atoms with Gasteiger partial charge >= 0.3 is 0 Å². The standard InChI is InChI=1S/C24H35N5O3/c1-27(2)19-8-6-17(7-9-19)23(31)26-18-14-21-24(32)25-15-20(29(21)16-18)10-11-22(30)28-12-4-3-5-13-28/h6-9,18,20-21H,3-5,10-16H2,1-2H3,(H,25,32)(H,26,31)/t18-,20+,21-/m0/s1. The van der Waals surface area contributed by atoms with Gasteiger partial charge in [-0.25, -0.2) is 0 Å². The van der Waals surface area contributed by atoms with Gasteiger partial charge in [-0.05, 0) is 56.4 Å². The van der Waals surface area contributed by atoms with E-state index in [0.29, 0.717) is 31.5 Å². The van der Waals surface area contributed by atoms with Crippen molar-refractivity contribution in [3.63, 3.8) is 0 Å². The van der Waals surface area contributed by atoms with E-state index in [1.54, 1.807) is 0 Å². The molecule has 1 aromatic carbocycles. The molecule has 0 bridgehead atoms. The van der Waals surface area contributed by atoms with E-state index in [-0.39, 0.29) is 35.8 Å². The molecule has 32 heavy (non-hydrogen) atoms. The molecule has 3 aliphatic heterocycles. The highest BCUT2D eigenvalue weighted by molar-refractivity contribution is 5.95. The zero-order chi connectivity index (χ0) is 22.7. The van der Waals surface area contributed by atoms with Crippen LogP contribution in [0.1, 0.15) is 48.9 Å². The van der Waals surface area contributed by atoms with Crippen LogP contribution in [0, 0.1) is 0 Å². The summed E-state index contributed by atoms with van der Waals surface area (Å²) in [4.78, 5) is 44.0. The molecule has 3 heterocycles. The second kappa shape index (κ2) is 9.90. The zero-order valence-electron chi connectivity index (χ0n) is 19.2. The van der Waals surface area contributed by atoms with Crippen LogP contribution in [0.15, 0.2) is 24.3 Å². The lowest BCUT2D eigenvalue weighted by Crippen LogP contribution is -2.58. The van der Waals surface area contributed by atoms with Gasteiger partial charge in [0, 0.05) is 70.0 Å². The monoisotopic (exact) mass is 441 g/mol. The number of carbonyl (C=O) groups excluding carboxylic acids is 3. The Labute approximate surface area is 190 Å². The molecule has 0 unspecified atom stereocenters. The number of amides is 3. The molecular formula is C24H35N5O3. The minimum atomic E-state index is -0.236. The Morgan fingerprint density at radius 3 is 2.53 bits per heavy atom. The molecule has 3 atom stereocenters. The van der Waals surface area contributed by atoms with E-state index in [0.717, 1.165) is 38.0 Å². The van der Waals surface area contributed by atoms with Crippen LogP contribution in [-0.2, 0) is 9.59 Å². The van der Waals surface area contributed by atoms with E-state index in [9.17, 15) is 14.4 Å². The summed E-state index contributed by atoms with van der Waals surface area (Å²) in [6.07, 6.45) is 5.25. The summed E-state index contributed by atoms with van der Waals surface area (Å²) in [7, 11) is 3.93. The summed E-state index contributed by atoms with van der Waals surface area (Å²) in [5, 5.41) is 6.11. The number of benzene rings is 1. The van der Waals surface area contributed by atoms with Gasteiger partial charge in [0.05, 0.1) is 6.04 Å². The van der Waals surface area contributed by atoms with Crippen LogP contribution in [0.2, 0.25) is 0 Å². The van der Waals surface area contributed by atoms with Gasteiger partial charge in [-0.3, -0.25) is 19.3 Å². The average Bonchev–Trinajstić information content (AvgIpc) is 3.23. The van der Waals surface area contributed by atoms with Gasteiger partial charge in [0.15, 0.2) is 0 Å². The summed E-state index contributed by atoms with van der Waals surface area (Å²) >= 11 is 0. The highest BCUT2D eigenvalue weighted by atomic mass is 16.2. The Morgan fingerprint density at radius 2 is 1.84 bits per heavy atom. The van der Waals surface area contributed by atoms with Crippen molar-refractivity contribution in [2.75, 3.05) is 45.2 Å². The molecular weight excluding hydrogens is 406 g/mol. The molecule has 3 aliphatic rings. The molecule has 3 amide bonds. The summed E-state index contributed by atoms with van der Waals surface area (Å²) in [5.41, 5.74) is 1.66. The van der Waals surface area contributed by atoms with Gasteiger partial charge in [0.1, 0.15) is 0 Å². The van der Waals surface area contributed by atoms with Gasteiger partial charge < -0.3 is 20.4 Å². The first-order valence-electron chi connectivity index (χ1n) is 11.8. The summed E-state index contributed by atoms with van der Waals surface area (Å²) < 4.78 is 0. The van der Waals surface area contributed by atoms with Gasteiger partial charge in [-0.15, -0.1) is 0 Å². The number of fused-ring (bicyclic) bond motifs is 1. The van der Waals surface area contributed by atoms with Crippen molar-refractivity contribution in [3.8, 4) is 0 Å². The topological polar surface area (TPSA) is 85.0 Å². The number of piperazine rings is 1. The summed E-state index contributed by atoms with van der Waals surface area (Å²) in [6.45, 7) is 2.95. The maximum Gasteiger partial charge on any atom is 0.251 e. The molecule has 1 aromatic rings. The Bertz CT molecular complexity index is 835. The second-order valence-electron chi connectivity index (χ2n) is 9.44. The third kappa shape index (κ3) is 5.06. The van der Waals surface area contributed by atoms with Crippen LogP contribution in [0.25, 0.3) is 0 Å². The molecule has 8 heteroatoms. The number of nitrogens with zero attached hydrogens (tertiary/aromatic N) is 3. The van der Waals surface area contributed by atoms with Crippen molar-refractivity contribution >= 4 is 23.4 Å². The largest absolute Gasteiger partial charge is 0.378 e. The minimum Gasteiger partial charge on any atom is -0.378 e. The lowest BCUT2D eigenvalue weighted by molar-refractivity contribution is -0.133. The zero-order valence-corrected chi connectivity index (χ0v) is 19.2. The van der Waals surface area contributed by atoms with Crippen molar-refractivity contribution in [1.82, 2.24) is 20.4 Å². The predicted molar refractivity (Wildman–Crippen MR) is 124 cm³/mol. The molecule has 3 saturated heterocycles. The van der Waals surface area contributed by atoms with Crippen LogP contribution in [0.5, 0.6) is 0 Å². The molecule has 0 spiro atoms. The molecule has 174 valence electrons. The Morgan fingerprint density at radius 1 is 1.12 bits per heavy atom. The molecule has 2 N–H and O–H groups in total. The number of anilines is 1. The van der Waals surface area contributed by atoms with Crippen LogP contribution >= 0.6 is 0 Å². The van der Waals surface area contributed by atoms with Crippen LogP contribution < -0.4 is 15.5 Å². The molecule has 0 saturated carbocycles. The van der Waals surface area contributed by atoms with Crippen LogP contribution in [-0.4, -0.2) is 85.9 Å². The van der Waals surface area contributed by atoms with E-state index in [1.165, 1.54) is 6.42 Å². The highest BCUT2D eigenvalue weighted by Crippen LogP contribution is 2.26. The van der Waals surface area contributed by atoms with E-state index in [4.69, 9.17) is 0 Å². The minimum absolute atomic E-state index is 0.0238. The number of carbonyl (C=O) groups is 3. The van der Waals surface area contributed by atoms with E-state index < -0.39 is 0 Å². The number of hydrogen-bond donors (Lipinski definition) is 2. The lowest BCUT2D eigenvalue weighted by atomic mass is 10.0. The Balaban J connectivity index is 1.33. The maximum atomic E-state index is 12.7. The first kappa shape index (κ1) is 22.6. The van der Waals surface area contributed by atoms with E-state index in [1.807, 2.05) is 48.2 Å². The number of likely N-dealkylation sites (tertiary alicyclic amines) is 1. The second-order valence-corrected chi connectivity index (χ2v) is 9.44. The first-order chi connectivity index (χ1) is 15.4. The molecule has 0 aliphatic carbocycles. The van der Waals surface area contributed by atoms with E-state index >= 15 is 0 Å². The third-order valence-electron chi connectivity index (χ3n) is 7.00. The third-order valence-corrected chi connectivity index (χ3v) is 7.00. The summed E-state index contributed by atoms with van der Waals surface area (Å²) in [6, 6.07) is 7.33. The normalized spacial score (nSPS) is 25.8. The molecule has 8 nitrogen and oxygen atoms in total. The van der Waals surface area contributed by atoms with Crippen LogP contribution in [0.3, 0.4) is 0 Å². The fourth-order valence-electron chi connectivity index (χ4n) is 5.12. The smallest absolute Gasteiger partial charge is 0.251 e. The predicted octanol–water partition coefficient (Wildman–Crippen LogP) is 1.22. The number of piperidine rings is 1. The fourth-order valence-corrected chi connectivity index (χ4v) is 5.12. The average molecular weight is 442 g/mol. The molecule has 3 fully saturated rings. The van der Waals surface area contributed by atoms with Crippen molar-refractivity contribution in [2.45, 2.75) is 56.7 Å². The SMILES string of the molecule is CN(C)c1ccc(C(=O)N[C@H]2C[C@H]3C(=O)NC[C@@H](CCC(=O)N4CCCCC4)N3C2)cc1. The van der Waals surface area contributed by atoms with Crippen molar-refractivity contribution in [2.24, 2.45) is 0 Å². The summed E-state index contributed by atoms with van der Waals surface area (Å²) in [5.74, 6) is 0.136. The Hall–Kier alpha value is -2.61. The lowest BCUT2D eigenvalue weighted by Gasteiger charge is -2.37. The van der Waals surface area contributed by atoms with E-state index in [2.05, 4.69) is 15.5 Å².